The van der Waals surface area contributed by atoms with Gasteiger partial charge in [-0.1, -0.05) is 23.8 Å². The van der Waals surface area contributed by atoms with Crippen LogP contribution in [-0.4, -0.2) is 120 Å². The van der Waals surface area contributed by atoms with Crippen molar-refractivity contribution in [3.05, 3.63) is 135 Å². The van der Waals surface area contributed by atoms with Crippen molar-refractivity contribution in [3.63, 3.8) is 0 Å². The number of carbonyl (C=O) groups excluding carboxylic acids is 2. The quantitative estimate of drug-likeness (QED) is 0.119. The third kappa shape index (κ3) is 18.5. The first-order chi connectivity index (χ1) is 37.9. The predicted octanol–water partition coefficient (Wildman–Crippen LogP) is 12.4. The lowest BCUT2D eigenvalue weighted by Gasteiger charge is -2.39. The Morgan fingerprint density at radius 1 is 0.588 bits per heavy atom. The van der Waals surface area contributed by atoms with Gasteiger partial charge in [-0.05, 0) is 241 Å². The van der Waals surface area contributed by atoms with Gasteiger partial charge in [-0.2, -0.15) is 0 Å². The second kappa shape index (κ2) is 28.3. The molecule has 0 radical (unpaired) electrons. The maximum atomic E-state index is 12.5. The molecular weight excluding hydrogens is 1150 g/mol. The second-order valence-corrected chi connectivity index (χ2v) is 25.7. The molecule has 6 aliphatic rings. The average molecular weight is 1230 g/mol. The number of benzene rings is 3. The highest BCUT2D eigenvalue weighted by Gasteiger charge is 2.46. The molecule has 6 fully saturated rings. The molecule has 6 unspecified atom stereocenters. The molecule has 0 spiro atoms. The zero-order valence-corrected chi connectivity index (χ0v) is 51.0. The molecule has 6 aliphatic heterocycles. The lowest BCUT2D eigenvalue weighted by Crippen LogP contribution is -2.50. The van der Waals surface area contributed by atoms with Gasteiger partial charge in [-0.3, -0.25) is 9.97 Å². The van der Waals surface area contributed by atoms with Gasteiger partial charge in [0.2, 0.25) is 0 Å². The van der Waals surface area contributed by atoms with Crippen molar-refractivity contribution in [2.45, 2.75) is 205 Å². The molecule has 2 aromatic heterocycles. The van der Waals surface area contributed by atoms with Gasteiger partial charge in [0, 0.05) is 79.4 Å². The maximum absolute atomic E-state index is 12.5. The summed E-state index contributed by atoms with van der Waals surface area (Å²) >= 11 is 6.65. The fraction of sp³-hybridized carbons (Fsp3) is 0.516. The molecule has 6 atom stereocenters. The molecule has 6 saturated heterocycles. The van der Waals surface area contributed by atoms with E-state index in [-0.39, 0.29) is 54.4 Å². The first kappa shape index (κ1) is 62.5. The molecule has 80 heavy (non-hydrogen) atoms. The smallest absolute Gasteiger partial charge is 0.488 e. The number of nitrogens with one attached hydrogen (secondary N) is 1. The largest absolute Gasteiger partial charge is 0.490 e. The summed E-state index contributed by atoms with van der Waals surface area (Å²) < 4.78 is 37.6. The summed E-state index contributed by atoms with van der Waals surface area (Å²) in [7, 11) is -1.38. The van der Waals surface area contributed by atoms with Gasteiger partial charge < -0.3 is 49.2 Å². The van der Waals surface area contributed by atoms with Gasteiger partial charge in [0.05, 0.1) is 15.0 Å². The molecule has 6 bridgehead atoms. The lowest BCUT2D eigenvalue weighted by molar-refractivity contribution is -0.0114. The number of piperidine rings is 3. The fourth-order valence-electron chi connectivity index (χ4n) is 11.4. The van der Waals surface area contributed by atoms with Crippen LogP contribution in [0.1, 0.15) is 135 Å². The third-order valence-electron chi connectivity index (χ3n) is 14.9. The van der Waals surface area contributed by atoms with Crippen molar-refractivity contribution < 1.29 is 48.1 Å². The van der Waals surface area contributed by atoms with E-state index >= 15 is 0 Å². The summed E-state index contributed by atoms with van der Waals surface area (Å²) in [6.45, 7) is 17.5. The number of rotatable bonds is 6. The van der Waals surface area contributed by atoms with E-state index < -0.39 is 18.3 Å². The molecule has 0 aliphatic carbocycles. The topological polar surface area (TPSA) is 176 Å². The number of hydrogen-bond acceptors (Lipinski definition) is 12. The number of nitrogens with zero attached hydrogens (tertiary/aromatic N) is 4. The van der Waals surface area contributed by atoms with Crippen LogP contribution < -0.4 is 20.3 Å². The van der Waals surface area contributed by atoms with E-state index in [0.717, 1.165) is 72.9 Å². The molecular formula is C62H81BBr2FN5O9. The van der Waals surface area contributed by atoms with Gasteiger partial charge in [-0.15, -0.1) is 0 Å². The van der Waals surface area contributed by atoms with Crippen molar-refractivity contribution in [2.75, 3.05) is 0 Å². The highest BCUT2D eigenvalue weighted by Crippen LogP contribution is 2.41. The van der Waals surface area contributed by atoms with E-state index in [1.807, 2.05) is 88.9 Å². The van der Waals surface area contributed by atoms with Crippen LogP contribution in [0.2, 0.25) is 0 Å². The van der Waals surface area contributed by atoms with Crippen molar-refractivity contribution in [1.29, 1.82) is 0 Å². The Labute approximate surface area is 490 Å². The monoisotopic (exact) mass is 1230 g/mol. The highest BCUT2D eigenvalue weighted by molar-refractivity contribution is 9.10. The fourth-order valence-corrected chi connectivity index (χ4v) is 12.5. The van der Waals surface area contributed by atoms with Gasteiger partial charge >= 0.3 is 19.3 Å². The van der Waals surface area contributed by atoms with Crippen molar-refractivity contribution in [1.82, 2.24) is 25.1 Å². The molecule has 11 rings (SSSR count). The molecule has 8 heterocycles. The van der Waals surface area contributed by atoms with Gasteiger partial charge in [0.25, 0.3) is 0 Å². The zero-order valence-electron chi connectivity index (χ0n) is 47.8. The predicted molar refractivity (Wildman–Crippen MR) is 318 cm³/mol. The second-order valence-electron chi connectivity index (χ2n) is 24.0. The number of carbonyl (C=O) groups is 2. The Balaban J connectivity index is 0.000000152. The summed E-state index contributed by atoms with van der Waals surface area (Å²) in [4.78, 5) is 36.1. The Morgan fingerprint density at radius 3 is 1.46 bits per heavy atom. The minimum atomic E-state index is -1.38. The number of hydrogen-bond donors (Lipinski definition) is 4. The minimum Gasteiger partial charge on any atom is -0.490 e. The van der Waals surface area contributed by atoms with Crippen LogP contribution in [0.4, 0.5) is 14.0 Å². The zero-order chi connectivity index (χ0) is 57.9. The summed E-state index contributed by atoms with van der Waals surface area (Å²) in [5.41, 5.74) is 5.44. The number of halogens is 3. The van der Waals surface area contributed by atoms with Crippen LogP contribution >= 0.6 is 31.9 Å². The van der Waals surface area contributed by atoms with E-state index in [2.05, 4.69) is 91.3 Å². The van der Waals surface area contributed by atoms with Crippen molar-refractivity contribution in [3.8, 4) is 22.6 Å². The molecule has 4 N–H and O–H groups in total. The van der Waals surface area contributed by atoms with E-state index in [1.165, 1.54) is 53.6 Å². The summed E-state index contributed by atoms with van der Waals surface area (Å²) in [6.07, 6.45) is 18.6. The number of aromatic nitrogens is 2. The normalized spacial score (nSPS) is 24.2. The Morgan fingerprint density at radius 2 is 1.01 bits per heavy atom. The molecule has 2 amide bonds. The number of amides is 2. The third-order valence-corrected chi connectivity index (χ3v) is 16.1. The average Bonchev–Trinajstić information content (AvgIpc) is 4.02. The molecule has 3 aromatic carbocycles. The number of aliphatic hydroxyl groups is 1. The van der Waals surface area contributed by atoms with Gasteiger partial charge in [-0.25, -0.2) is 14.0 Å². The lowest BCUT2D eigenvalue weighted by atomic mass is 9.81. The summed E-state index contributed by atoms with van der Waals surface area (Å²) in [5, 5.41) is 30.4. The SMILES string of the molecule is CC(C)(C)OC(=O)N1C2CCC1CC(O)C2.Cc1ccc(F)c(Br)c1.Cc1ccc(OC2CC3CCC(C2)N3)c(-c2ccncc2)c1.Cc1ccc(OC2CC3CCC(C2)N3C(=O)OC(C)(C)C)c(Br)c1.OB(O)c1ccncc1. The first-order valence-corrected chi connectivity index (χ1v) is 29.7. The van der Waals surface area contributed by atoms with Crippen LogP contribution in [0.5, 0.6) is 11.5 Å². The van der Waals surface area contributed by atoms with Gasteiger partial charge in [0.15, 0.2) is 0 Å². The number of fused-ring (bicyclic) bond motifs is 6. The number of pyridine rings is 2. The Bertz CT molecular complexity index is 2770. The number of aliphatic hydroxyl groups excluding tert-OH is 1. The molecule has 5 aromatic rings. The van der Waals surface area contributed by atoms with E-state index in [0.29, 0.717) is 41.0 Å². The number of ether oxygens (including phenoxy) is 4. The first-order valence-electron chi connectivity index (χ1n) is 28.1. The molecule has 18 heteroatoms. The van der Waals surface area contributed by atoms with Crippen LogP contribution in [0.15, 0.2) is 113 Å². The Kier molecular flexibility index (Phi) is 22.1. The number of aryl methyl sites for hydroxylation is 3. The highest BCUT2D eigenvalue weighted by atomic mass is 79.9. The standard InChI is InChI=1S/C19H26BrNO3.C19H22N2O.C12H21NO3.C7H6BrF.C5H6BNO2/c1-12-5-8-17(16(20)9-12)23-15-10-13-6-7-14(11-15)21(13)18(22)24-19(2,3)4;1-13-2-5-19(18(10-13)14-6-8-20-9-7-14)22-17-11-15-3-4-16(12-17)21-15;1-12(2,3)16-11(15)13-8-4-5-9(13)7-10(14)6-8;1-5-2-3-7(9)6(8)4-5;8-6(9)5-1-3-7-4-2-5/h5,8-9,13-15H,6-7,10-11H2,1-4H3;2,5-10,15-17,21H,3-4,11-12H2,1H3;8-10,14H,4-7H2,1-3H3;2-4H,1H3;1-4,8-9H. The molecule has 0 saturated carbocycles. The van der Waals surface area contributed by atoms with Crippen LogP contribution in [0, 0.1) is 26.6 Å². The van der Waals surface area contributed by atoms with Crippen molar-refractivity contribution >= 4 is 56.6 Å². The van der Waals surface area contributed by atoms with E-state index in [9.17, 15) is 19.1 Å². The molecule has 432 valence electrons. The van der Waals surface area contributed by atoms with E-state index in [1.54, 1.807) is 24.3 Å². The van der Waals surface area contributed by atoms with Crippen LogP contribution in [0.3, 0.4) is 0 Å². The molecule has 14 nitrogen and oxygen atoms in total. The van der Waals surface area contributed by atoms with Crippen LogP contribution in [0.25, 0.3) is 11.1 Å². The maximum Gasteiger partial charge on any atom is 0.488 e. The summed E-state index contributed by atoms with van der Waals surface area (Å²) in [6, 6.07) is 26.9. The van der Waals surface area contributed by atoms with E-state index in [4.69, 9.17) is 29.0 Å². The summed E-state index contributed by atoms with van der Waals surface area (Å²) in [5.74, 6) is 1.68. The van der Waals surface area contributed by atoms with Crippen molar-refractivity contribution in [2.24, 2.45) is 0 Å². The Hall–Kier alpha value is -5.11. The van der Waals surface area contributed by atoms with Gasteiger partial charge in [0.1, 0.15) is 40.7 Å². The van der Waals surface area contributed by atoms with Crippen LogP contribution in [-0.2, 0) is 9.47 Å². The minimum absolute atomic E-state index is 0.153.